The third-order valence-electron chi connectivity index (χ3n) is 7.79. The highest BCUT2D eigenvalue weighted by molar-refractivity contribution is 5.94. The lowest BCUT2D eigenvalue weighted by atomic mass is 9.99. The second-order valence-corrected chi connectivity index (χ2v) is 11.0. The monoisotopic (exact) mass is 639 g/mol. The maximum absolute atomic E-state index is 12.7. The number of amides is 1. The predicted octanol–water partition coefficient (Wildman–Crippen LogP) is 5.90. The Morgan fingerprint density at radius 2 is 1.55 bits per heavy atom. The molecule has 0 bridgehead atoms. The first-order valence-corrected chi connectivity index (χ1v) is 15.9. The molecule has 0 atom stereocenters. The Kier molecular flexibility index (Phi) is 12.2. The van der Waals surface area contributed by atoms with Crippen LogP contribution in [0.3, 0.4) is 0 Å². The molecule has 0 radical (unpaired) electrons. The summed E-state index contributed by atoms with van der Waals surface area (Å²) in [5, 5.41) is 15.4. The van der Waals surface area contributed by atoms with Crippen LogP contribution in [-0.2, 0) is 28.7 Å². The van der Waals surface area contributed by atoms with E-state index in [0.29, 0.717) is 77.4 Å². The van der Waals surface area contributed by atoms with Gasteiger partial charge >= 0.3 is 6.16 Å². The van der Waals surface area contributed by atoms with Gasteiger partial charge in [-0.2, -0.15) is 0 Å². The lowest BCUT2D eigenvalue weighted by Gasteiger charge is -2.10. The number of hydrogen-bond acceptors (Lipinski definition) is 7. The molecule has 246 valence electrons. The lowest BCUT2D eigenvalue weighted by Crippen LogP contribution is -2.27. The molecule has 5 rings (SSSR count). The summed E-state index contributed by atoms with van der Waals surface area (Å²) in [5.74, 6) is 0.892. The largest absolute Gasteiger partial charge is 0.512 e. The highest BCUT2D eigenvalue weighted by atomic mass is 16.7. The minimum atomic E-state index is -1.37. The molecule has 1 aromatic heterocycles. The van der Waals surface area contributed by atoms with Crippen molar-refractivity contribution in [3.63, 3.8) is 0 Å². The van der Waals surface area contributed by atoms with Crippen LogP contribution in [0.5, 0.6) is 11.6 Å². The first-order chi connectivity index (χ1) is 23.0. The number of aryl methyl sites for hydroxylation is 3. The zero-order valence-corrected chi connectivity index (χ0v) is 26.3. The van der Waals surface area contributed by atoms with Gasteiger partial charge in [-0.05, 0) is 60.4 Å². The normalized spacial score (nSPS) is 11.2. The fourth-order valence-corrected chi connectivity index (χ4v) is 5.59. The third-order valence-corrected chi connectivity index (χ3v) is 7.79. The summed E-state index contributed by atoms with van der Waals surface area (Å²) >= 11 is 0. The molecule has 10 heteroatoms. The van der Waals surface area contributed by atoms with Crippen LogP contribution in [-0.4, -0.2) is 68.3 Å². The van der Waals surface area contributed by atoms with Gasteiger partial charge in [0, 0.05) is 35.0 Å². The van der Waals surface area contributed by atoms with Crippen LogP contribution < -0.4 is 20.5 Å². The number of ether oxygens (including phenoxy) is 4. The molecular formula is C37H41N3O7. The minimum absolute atomic E-state index is 0.161. The van der Waals surface area contributed by atoms with Crippen LogP contribution >= 0.6 is 0 Å². The van der Waals surface area contributed by atoms with Crippen LogP contribution in [0.4, 0.5) is 4.79 Å². The van der Waals surface area contributed by atoms with Crippen molar-refractivity contribution >= 4 is 33.7 Å². The van der Waals surface area contributed by atoms with Crippen LogP contribution in [0.2, 0.25) is 0 Å². The van der Waals surface area contributed by atoms with Gasteiger partial charge in [-0.3, -0.25) is 4.79 Å². The van der Waals surface area contributed by atoms with Gasteiger partial charge < -0.3 is 40.1 Å². The Bertz CT molecular complexity index is 1780. The molecule has 0 saturated heterocycles. The second-order valence-electron chi connectivity index (χ2n) is 11.0. The molecule has 0 aliphatic carbocycles. The molecule has 0 aliphatic heterocycles. The van der Waals surface area contributed by atoms with E-state index in [0.717, 1.165) is 44.1 Å². The van der Waals surface area contributed by atoms with E-state index in [-0.39, 0.29) is 11.8 Å². The molecule has 0 aliphatic rings. The Morgan fingerprint density at radius 1 is 0.787 bits per heavy atom. The van der Waals surface area contributed by atoms with Crippen molar-refractivity contribution < 1.29 is 33.6 Å². The number of H-pyrrole nitrogens is 1. The second kappa shape index (κ2) is 17.1. The summed E-state index contributed by atoms with van der Waals surface area (Å²) in [7, 11) is 0. The molecule has 47 heavy (non-hydrogen) atoms. The van der Waals surface area contributed by atoms with Crippen LogP contribution in [0.1, 0.15) is 33.5 Å². The number of benzene rings is 4. The number of nitrogens with two attached hydrogens (primary N) is 1. The molecule has 5 aromatic rings. The number of rotatable bonds is 18. The van der Waals surface area contributed by atoms with Crippen molar-refractivity contribution in [2.24, 2.45) is 5.73 Å². The van der Waals surface area contributed by atoms with Crippen molar-refractivity contribution in [3.8, 4) is 11.6 Å². The average molecular weight is 640 g/mol. The SMILES string of the molecule is NCCOCCOCCNC(=O)c1cccc(CCc2cccc3c(CCCOc4cccc5ccccc45)c(OC(=O)O)[nH]c23)c1. The predicted molar refractivity (Wildman–Crippen MR) is 182 cm³/mol. The number of hydrogen-bond donors (Lipinski definition) is 4. The van der Waals surface area contributed by atoms with Gasteiger partial charge in [0.2, 0.25) is 5.88 Å². The zero-order chi connectivity index (χ0) is 32.8. The van der Waals surface area contributed by atoms with Gasteiger partial charge in [0.05, 0.1) is 38.6 Å². The number of fused-ring (bicyclic) bond motifs is 2. The fourth-order valence-electron chi connectivity index (χ4n) is 5.59. The molecule has 10 nitrogen and oxygen atoms in total. The van der Waals surface area contributed by atoms with Crippen LogP contribution in [0.15, 0.2) is 84.9 Å². The van der Waals surface area contributed by atoms with E-state index in [4.69, 9.17) is 24.7 Å². The summed E-state index contributed by atoms with van der Waals surface area (Å²) < 4.78 is 22.1. The number of carbonyl (C=O) groups excluding carboxylic acids is 1. The van der Waals surface area contributed by atoms with Crippen LogP contribution in [0.25, 0.3) is 21.7 Å². The van der Waals surface area contributed by atoms with Gasteiger partial charge in [-0.15, -0.1) is 0 Å². The van der Waals surface area contributed by atoms with Crippen LogP contribution in [0, 0.1) is 0 Å². The van der Waals surface area contributed by atoms with Crippen molar-refractivity contribution in [2.75, 3.05) is 46.1 Å². The number of carbonyl (C=O) groups is 2. The quantitative estimate of drug-likeness (QED) is 0.0686. The highest BCUT2D eigenvalue weighted by Gasteiger charge is 2.18. The number of nitrogens with one attached hydrogen (secondary N) is 2. The summed E-state index contributed by atoms with van der Waals surface area (Å²) in [4.78, 5) is 27.5. The maximum Gasteiger partial charge on any atom is 0.512 e. The molecule has 0 unspecified atom stereocenters. The van der Waals surface area contributed by atoms with Gasteiger partial charge in [-0.25, -0.2) is 4.79 Å². The third kappa shape index (κ3) is 9.32. The summed E-state index contributed by atoms with van der Waals surface area (Å²) in [6.07, 6.45) is 1.24. The van der Waals surface area contributed by atoms with Crippen molar-refractivity contribution in [2.45, 2.75) is 25.7 Å². The Balaban J connectivity index is 1.19. The summed E-state index contributed by atoms with van der Waals surface area (Å²) in [6.45, 7) is 3.16. The van der Waals surface area contributed by atoms with Gasteiger partial charge in [0.1, 0.15) is 5.75 Å². The number of aromatic nitrogens is 1. The van der Waals surface area contributed by atoms with E-state index < -0.39 is 6.16 Å². The maximum atomic E-state index is 12.7. The van der Waals surface area contributed by atoms with E-state index in [1.165, 1.54) is 0 Å². The molecule has 0 saturated carbocycles. The Hall–Kier alpha value is -4.90. The van der Waals surface area contributed by atoms with E-state index >= 15 is 0 Å². The lowest BCUT2D eigenvalue weighted by molar-refractivity contribution is 0.0511. The van der Waals surface area contributed by atoms with Crippen molar-refractivity contribution in [1.29, 1.82) is 0 Å². The van der Waals surface area contributed by atoms with E-state index in [9.17, 15) is 14.7 Å². The van der Waals surface area contributed by atoms with Gasteiger partial charge in [-0.1, -0.05) is 66.7 Å². The molecule has 0 fully saturated rings. The van der Waals surface area contributed by atoms with E-state index in [1.54, 1.807) is 6.07 Å². The standard InChI is InChI=1S/C37H41N3O7/c38-18-21-44-23-24-45-22-19-39-35(41)29-11-3-7-26(25-29)16-17-28-10-4-13-31-32(36(40-34(28)31)47-37(42)43)14-6-20-46-33-15-5-9-27-8-1-2-12-30(27)33/h1-5,7-13,15,25,40H,6,14,16-24,38H2,(H,39,41)(H,42,43). The van der Waals surface area contributed by atoms with Crippen molar-refractivity contribution in [3.05, 3.63) is 107 Å². The first-order valence-electron chi connectivity index (χ1n) is 15.9. The fraction of sp³-hybridized carbons (Fsp3) is 0.297. The number of aromatic amines is 1. The molecule has 1 amide bonds. The molecule has 4 aromatic carbocycles. The Morgan fingerprint density at radius 3 is 2.40 bits per heavy atom. The smallest absolute Gasteiger partial charge is 0.493 e. The summed E-state index contributed by atoms with van der Waals surface area (Å²) in [5.41, 5.74) is 9.65. The average Bonchev–Trinajstić information content (AvgIpc) is 3.43. The van der Waals surface area contributed by atoms with Crippen molar-refractivity contribution in [1.82, 2.24) is 10.3 Å². The van der Waals surface area contributed by atoms with Gasteiger partial charge in [0.15, 0.2) is 0 Å². The number of para-hydroxylation sites is 1. The molecule has 5 N–H and O–H groups in total. The molecular weight excluding hydrogens is 598 g/mol. The highest BCUT2D eigenvalue weighted by Crippen LogP contribution is 2.32. The van der Waals surface area contributed by atoms with E-state index in [2.05, 4.69) is 22.4 Å². The van der Waals surface area contributed by atoms with Gasteiger partial charge in [0.25, 0.3) is 5.91 Å². The number of carboxylic acid groups (broad SMARTS) is 1. The first kappa shape index (κ1) is 33.5. The Labute approximate surface area is 273 Å². The van der Waals surface area contributed by atoms with E-state index in [1.807, 2.05) is 66.7 Å². The topological polar surface area (TPSA) is 145 Å². The summed E-state index contributed by atoms with van der Waals surface area (Å²) in [6, 6.07) is 27.6. The zero-order valence-electron chi connectivity index (χ0n) is 26.3. The molecule has 0 spiro atoms. The molecule has 1 heterocycles. The minimum Gasteiger partial charge on any atom is -0.493 e.